The summed E-state index contributed by atoms with van der Waals surface area (Å²) in [4.78, 5) is 21.0. The first-order valence-corrected chi connectivity index (χ1v) is 4.48. The number of aromatic nitrogens is 2. The summed E-state index contributed by atoms with van der Waals surface area (Å²) in [6.45, 7) is 3.44. The predicted molar refractivity (Wildman–Crippen MR) is 60.0 cm³/mol. The van der Waals surface area contributed by atoms with E-state index >= 15 is 0 Å². The molecule has 0 radical (unpaired) electrons. The molecule has 1 rings (SSSR count). The van der Waals surface area contributed by atoms with Gasteiger partial charge in [0.25, 0.3) is 5.56 Å². The zero-order valence-corrected chi connectivity index (χ0v) is 8.56. The summed E-state index contributed by atoms with van der Waals surface area (Å²) in [7, 11) is 0. The molecule has 0 fully saturated rings. The Morgan fingerprint density at radius 1 is 1.69 bits per heavy atom. The number of aliphatic hydroxyl groups excluding tert-OH is 1. The molecule has 0 saturated carbocycles. The second kappa shape index (κ2) is 5.83. The molecule has 0 bridgehead atoms. The number of hydrogen-bond donors (Lipinski definition) is 4. The second-order valence-corrected chi connectivity index (χ2v) is 2.76. The molecule has 0 aliphatic rings. The van der Waals surface area contributed by atoms with E-state index in [1.54, 1.807) is 0 Å². The monoisotopic (exact) mass is 227 g/mol. The third-order valence-corrected chi connectivity index (χ3v) is 1.65. The number of hydrogen-bond acceptors (Lipinski definition) is 7. The van der Waals surface area contributed by atoms with Crippen LogP contribution in [-0.4, -0.2) is 41.7 Å². The molecule has 16 heavy (non-hydrogen) atoms. The Morgan fingerprint density at radius 3 is 3.06 bits per heavy atom. The van der Waals surface area contributed by atoms with E-state index in [0.717, 1.165) is 0 Å². The third kappa shape index (κ3) is 3.04. The van der Waals surface area contributed by atoms with Gasteiger partial charge in [0, 0.05) is 0 Å². The summed E-state index contributed by atoms with van der Waals surface area (Å²) < 4.78 is 4.95. The second-order valence-electron chi connectivity index (χ2n) is 2.76. The van der Waals surface area contributed by atoms with Gasteiger partial charge in [-0.25, -0.2) is 0 Å². The molecule has 8 heteroatoms. The van der Waals surface area contributed by atoms with Crippen molar-refractivity contribution in [1.82, 2.24) is 9.97 Å². The van der Waals surface area contributed by atoms with Crippen LogP contribution in [0.3, 0.4) is 0 Å². The van der Waals surface area contributed by atoms with Crippen molar-refractivity contribution >= 4 is 24.2 Å². The summed E-state index contributed by atoms with van der Waals surface area (Å²) in [6.07, 6.45) is 0. The summed E-state index contributed by atoms with van der Waals surface area (Å²) in [5, 5.41) is 11.2. The Morgan fingerprint density at radius 2 is 2.44 bits per heavy atom. The van der Waals surface area contributed by atoms with Gasteiger partial charge in [-0.1, -0.05) is 0 Å². The van der Waals surface area contributed by atoms with E-state index in [9.17, 15) is 4.79 Å². The number of nitrogens with zero attached hydrogens (tertiary/aromatic N) is 2. The molecule has 0 aliphatic heterocycles. The van der Waals surface area contributed by atoms with Crippen LogP contribution in [0.1, 0.15) is 0 Å². The van der Waals surface area contributed by atoms with Crippen molar-refractivity contribution < 1.29 is 9.84 Å². The van der Waals surface area contributed by atoms with Crippen molar-refractivity contribution in [2.45, 2.75) is 0 Å². The lowest BCUT2D eigenvalue weighted by Crippen LogP contribution is -2.16. The number of nitrogens with two attached hydrogens (primary N) is 1. The SMILES string of the molecule is C=Nc1c(NCOCCO)nc(N)[nH]c1=O. The number of aliphatic imine (C=N–C) groups is 1. The van der Waals surface area contributed by atoms with Crippen LogP contribution < -0.4 is 16.6 Å². The molecule has 0 aromatic carbocycles. The van der Waals surface area contributed by atoms with Gasteiger partial charge in [-0.05, 0) is 6.72 Å². The van der Waals surface area contributed by atoms with Crippen molar-refractivity contribution in [1.29, 1.82) is 0 Å². The molecule has 0 atom stereocenters. The zero-order chi connectivity index (χ0) is 12.0. The Balaban J connectivity index is 2.78. The molecule has 88 valence electrons. The normalized spacial score (nSPS) is 10.1. The number of nitrogens with one attached hydrogen (secondary N) is 2. The van der Waals surface area contributed by atoms with Gasteiger partial charge in [0.05, 0.1) is 13.2 Å². The van der Waals surface area contributed by atoms with E-state index in [1.165, 1.54) is 0 Å². The molecule has 5 N–H and O–H groups in total. The largest absolute Gasteiger partial charge is 0.394 e. The van der Waals surface area contributed by atoms with Crippen LogP contribution in [0, 0.1) is 0 Å². The van der Waals surface area contributed by atoms with Crippen molar-refractivity contribution in [3.8, 4) is 0 Å². The van der Waals surface area contributed by atoms with Gasteiger partial charge in [-0.3, -0.25) is 14.8 Å². The van der Waals surface area contributed by atoms with Crippen LogP contribution in [0.4, 0.5) is 17.5 Å². The maximum atomic E-state index is 11.4. The molecular weight excluding hydrogens is 214 g/mol. The summed E-state index contributed by atoms with van der Waals surface area (Å²) in [6, 6.07) is 0. The van der Waals surface area contributed by atoms with Crippen molar-refractivity contribution in [3.05, 3.63) is 10.4 Å². The Labute approximate surface area is 91.2 Å². The van der Waals surface area contributed by atoms with Gasteiger partial charge in [0.15, 0.2) is 11.5 Å². The smallest absolute Gasteiger partial charge is 0.280 e. The van der Waals surface area contributed by atoms with Gasteiger partial charge < -0.3 is 20.9 Å². The fraction of sp³-hybridized carbons (Fsp3) is 0.375. The van der Waals surface area contributed by atoms with E-state index in [2.05, 4.69) is 27.0 Å². The number of rotatable bonds is 6. The van der Waals surface area contributed by atoms with Crippen LogP contribution in [0.5, 0.6) is 0 Å². The summed E-state index contributed by atoms with van der Waals surface area (Å²) in [5.74, 6) is 0.163. The maximum absolute atomic E-state index is 11.4. The Hall–Kier alpha value is -1.93. The lowest BCUT2D eigenvalue weighted by molar-refractivity contribution is 0.105. The van der Waals surface area contributed by atoms with E-state index in [4.69, 9.17) is 15.6 Å². The molecule has 0 amide bonds. The number of ether oxygens (including phenoxy) is 1. The fourth-order valence-electron chi connectivity index (χ4n) is 1.01. The van der Waals surface area contributed by atoms with Gasteiger partial charge in [-0.2, -0.15) is 4.98 Å². The minimum absolute atomic E-state index is 0.0259. The lowest BCUT2D eigenvalue weighted by Gasteiger charge is -2.08. The first-order chi connectivity index (χ1) is 7.69. The third-order valence-electron chi connectivity index (χ3n) is 1.65. The van der Waals surface area contributed by atoms with E-state index in [1.807, 2.05) is 0 Å². The zero-order valence-electron chi connectivity index (χ0n) is 8.56. The fourth-order valence-corrected chi connectivity index (χ4v) is 1.01. The quantitative estimate of drug-likeness (QED) is 0.282. The van der Waals surface area contributed by atoms with Crippen LogP contribution in [-0.2, 0) is 4.74 Å². The van der Waals surface area contributed by atoms with Crippen molar-refractivity contribution in [2.24, 2.45) is 4.99 Å². The Bertz CT molecular complexity index is 417. The number of aliphatic hydroxyl groups is 1. The minimum atomic E-state index is -0.479. The minimum Gasteiger partial charge on any atom is -0.394 e. The van der Waals surface area contributed by atoms with Crippen LogP contribution >= 0.6 is 0 Å². The highest BCUT2D eigenvalue weighted by atomic mass is 16.5. The van der Waals surface area contributed by atoms with Gasteiger partial charge in [0.1, 0.15) is 6.73 Å². The molecule has 1 aromatic rings. The first kappa shape index (κ1) is 12.1. The van der Waals surface area contributed by atoms with E-state index < -0.39 is 5.56 Å². The molecule has 0 unspecified atom stereocenters. The molecule has 1 heterocycles. The van der Waals surface area contributed by atoms with Crippen LogP contribution in [0.25, 0.3) is 0 Å². The van der Waals surface area contributed by atoms with Gasteiger partial charge in [0.2, 0.25) is 5.95 Å². The highest BCUT2D eigenvalue weighted by molar-refractivity contribution is 5.63. The van der Waals surface area contributed by atoms with Crippen LogP contribution in [0.15, 0.2) is 9.79 Å². The van der Waals surface area contributed by atoms with Crippen LogP contribution in [0.2, 0.25) is 0 Å². The predicted octanol–water partition coefficient (Wildman–Crippen LogP) is -0.938. The van der Waals surface area contributed by atoms with Crippen molar-refractivity contribution in [3.63, 3.8) is 0 Å². The number of aromatic amines is 1. The molecule has 0 saturated heterocycles. The van der Waals surface area contributed by atoms with E-state index in [-0.39, 0.29) is 37.4 Å². The Kier molecular flexibility index (Phi) is 4.42. The molecule has 0 spiro atoms. The van der Waals surface area contributed by atoms with E-state index in [0.29, 0.717) is 0 Å². The van der Waals surface area contributed by atoms with Gasteiger partial charge >= 0.3 is 0 Å². The molecule has 8 nitrogen and oxygen atoms in total. The molecule has 0 aliphatic carbocycles. The lowest BCUT2D eigenvalue weighted by atomic mass is 10.4. The van der Waals surface area contributed by atoms with Gasteiger partial charge in [-0.15, -0.1) is 0 Å². The number of nitrogen functional groups attached to an aromatic ring is 1. The first-order valence-electron chi connectivity index (χ1n) is 4.48. The maximum Gasteiger partial charge on any atom is 0.280 e. The average molecular weight is 227 g/mol. The average Bonchev–Trinajstić information content (AvgIpc) is 2.24. The highest BCUT2D eigenvalue weighted by Gasteiger charge is 2.07. The standard InChI is InChI=1S/C8H13N5O3/c1-10-5-6(11-4-16-3-2-14)12-8(9)13-7(5)15/h14H,1-4H2,(H4,9,11,12,13,15). The number of anilines is 2. The molecule has 1 aromatic heterocycles. The number of H-pyrrole nitrogens is 1. The molecular formula is C8H13N5O3. The highest BCUT2D eigenvalue weighted by Crippen LogP contribution is 2.16. The van der Waals surface area contributed by atoms with Crippen molar-refractivity contribution in [2.75, 3.05) is 31.0 Å². The topological polar surface area (TPSA) is 126 Å². The summed E-state index contributed by atoms with van der Waals surface area (Å²) >= 11 is 0. The summed E-state index contributed by atoms with van der Waals surface area (Å²) in [5.41, 5.74) is 4.93.